The van der Waals surface area contributed by atoms with Crippen LogP contribution in [0.25, 0.3) is 0 Å². The average molecular weight is 547 g/mol. The van der Waals surface area contributed by atoms with Crippen LogP contribution in [0.3, 0.4) is 0 Å². The van der Waals surface area contributed by atoms with E-state index in [-0.39, 0.29) is 23.4 Å². The Hall–Kier alpha value is -2.63. The number of benzene rings is 2. The van der Waals surface area contributed by atoms with Crippen molar-refractivity contribution in [1.82, 2.24) is 0 Å². The van der Waals surface area contributed by atoms with Crippen LogP contribution in [-0.2, 0) is 13.7 Å². The van der Waals surface area contributed by atoms with E-state index in [9.17, 15) is 9.59 Å². The number of rotatable bonds is 14. The van der Waals surface area contributed by atoms with E-state index in [1.165, 1.54) is 13.8 Å². The lowest BCUT2D eigenvalue weighted by Gasteiger charge is -2.42. The first-order valence-electron chi connectivity index (χ1n) is 13.0. The van der Waals surface area contributed by atoms with Crippen molar-refractivity contribution in [1.29, 1.82) is 0 Å². The number of esters is 2. The van der Waals surface area contributed by atoms with Gasteiger partial charge in [0.2, 0.25) is 16.6 Å². The number of hydrogen-bond acceptors (Lipinski definition) is 7. The fourth-order valence-corrected chi connectivity index (χ4v) is 13.6. The summed E-state index contributed by atoms with van der Waals surface area (Å²) in [5.74, 6) is 1.50. The van der Waals surface area contributed by atoms with Gasteiger partial charge < -0.3 is 23.1 Å². The Morgan fingerprint density at radius 2 is 1.03 bits per heavy atom. The Balaban J connectivity index is 2.23. The van der Waals surface area contributed by atoms with Gasteiger partial charge in [0.1, 0.15) is 34.5 Å². The topological polar surface area (TPSA) is 80.3 Å². The van der Waals surface area contributed by atoms with E-state index < -0.39 is 16.6 Å². The molecule has 2 unspecified atom stereocenters. The van der Waals surface area contributed by atoms with Crippen LogP contribution in [0.15, 0.2) is 48.5 Å². The average Bonchev–Trinajstić information content (AvgIpc) is 2.77. The summed E-state index contributed by atoms with van der Waals surface area (Å²) in [5.41, 5.74) is -0.183. The molecular formula is C28H42O7Si2. The van der Waals surface area contributed by atoms with Crippen molar-refractivity contribution in [3.63, 3.8) is 0 Å². The van der Waals surface area contributed by atoms with Crippen LogP contribution in [0, 0.1) is 0 Å². The number of ether oxygens (including phenoxy) is 4. The van der Waals surface area contributed by atoms with Crippen LogP contribution in [0.1, 0.15) is 53.4 Å². The molecule has 7 nitrogen and oxygen atoms in total. The maximum Gasteiger partial charge on any atom is 0.308 e. The maximum atomic E-state index is 11.4. The van der Waals surface area contributed by atoms with Gasteiger partial charge >= 0.3 is 11.9 Å². The van der Waals surface area contributed by atoms with Crippen LogP contribution in [0.4, 0.5) is 0 Å². The molecule has 0 N–H and O–H groups in total. The van der Waals surface area contributed by atoms with Crippen molar-refractivity contribution in [2.24, 2.45) is 0 Å². The lowest BCUT2D eigenvalue weighted by molar-refractivity contribution is -0.132. The quantitative estimate of drug-likeness (QED) is 0.146. The Labute approximate surface area is 223 Å². The molecule has 0 saturated carbocycles. The third kappa shape index (κ3) is 9.98. The number of carbonyl (C=O) groups excluding carboxylic acids is 2. The molecule has 0 heterocycles. The molecule has 0 amide bonds. The molecule has 2 aromatic rings. The van der Waals surface area contributed by atoms with E-state index in [1.54, 1.807) is 24.3 Å². The van der Waals surface area contributed by atoms with Gasteiger partial charge in [-0.3, -0.25) is 9.59 Å². The molecule has 204 valence electrons. The highest BCUT2D eigenvalue weighted by Gasteiger charge is 2.45. The van der Waals surface area contributed by atoms with E-state index in [4.69, 9.17) is 23.1 Å². The molecule has 0 aliphatic heterocycles. The summed E-state index contributed by atoms with van der Waals surface area (Å²) < 4.78 is 30.5. The van der Waals surface area contributed by atoms with Gasteiger partial charge in [-0.15, -0.1) is 0 Å². The molecule has 0 bridgehead atoms. The minimum absolute atomic E-state index is 0.0913. The molecule has 0 fully saturated rings. The molecule has 2 atom stereocenters. The van der Waals surface area contributed by atoms with E-state index in [1.807, 2.05) is 24.3 Å². The third-order valence-corrected chi connectivity index (χ3v) is 14.0. The zero-order valence-corrected chi connectivity index (χ0v) is 25.5. The van der Waals surface area contributed by atoms with Gasteiger partial charge in [-0.25, -0.2) is 0 Å². The summed E-state index contributed by atoms with van der Waals surface area (Å²) in [5, 5.41) is 0. The van der Waals surface area contributed by atoms with E-state index in [0.717, 1.165) is 25.7 Å². The summed E-state index contributed by atoms with van der Waals surface area (Å²) in [6.07, 6.45) is 3.61. The highest BCUT2D eigenvalue weighted by molar-refractivity contribution is 6.86. The minimum Gasteiger partial charge on any atom is -0.491 e. The van der Waals surface area contributed by atoms with Crippen LogP contribution in [0.5, 0.6) is 23.0 Å². The minimum atomic E-state index is -2.38. The maximum absolute atomic E-state index is 11.4. The molecule has 0 aliphatic rings. The van der Waals surface area contributed by atoms with Crippen molar-refractivity contribution < 1.29 is 32.7 Å². The van der Waals surface area contributed by atoms with E-state index in [0.29, 0.717) is 23.0 Å². The first kappa shape index (κ1) is 30.6. The Kier molecular flexibility index (Phi) is 11.4. The standard InChI is InChI=1S/C28H42O7Si2/c1-9-13-27(33-25-17-11-15-23(19-25)31-21(3)29)36(5,6)35-37(7,8)28(14-10-2)34-26-18-12-16-24(20-26)32-22(4)30/h11-12,15-20,27-28H,9-10,13-14H2,1-8H3. The third-order valence-electron chi connectivity index (χ3n) is 5.87. The fourth-order valence-electron chi connectivity index (χ4n) is 4.31. The van der Waals surface area contributed by atoms with Crippen molar-refractivity contribution >= 4 is 28.6 Å². The molecule has 2 rings (SSSR count). The number of hydrogen-bond donors (Lipinski definition) is 0. The zero-order valence-electron chi connectivity index (χ0n) is 23.5. The number of carbonyl (C=O) groups is 2. The highest BCUT2D eigenvalue weighted by Crippen LogP contribution is 2.31. The van der Waals surface area contributed by atoms with Gasteiger partial charge in [0, 0.05) is 26.0 Å². The molecule has 2 aromatic carbocycles. The normalized spacial score (nSPS) is 13.4. The van der Waals surface area contributed by atoms with E-state index in [2.05, 4.69) is 40.0 Å². The summed E-state index contributed by atoms with van der Waals surface area (Å²) in [4.78, 5) is 22.7. The summed E-state index contributed by atoms with van der Waals surface area (Å²) >= 11 is 0. The first-order chi connectivity index (χ1) is 17.4. The second-order valence-corrected chi connectivity index (χ2v) is 18.8. The predicted molar refractivity (Wildman–Crippen MR) is 150 cm³/mol. The predicted octanol–water partition coefficient (Wildman–Crippen LogP) is 6.84. The van der Waals surface area contributed by atoms with Gasteiger partial charge in [0.25, 0.3) is 0 Å². The summed E-state index contributed by atoms with van der Waals surface area (Å²) in [7, 11) is -4.76. The van der Waals surface area contributed by atoms with Crippen LogP contribution < -0.4 is 18.9 Å². The molecule has 9 heteroatoms. The second kappa shape index (κ2) is 13.8. The van der Waals surface area contributed by atoms with Gasteiger partial charge in [-0.2, -0.15) is 0 Å². The lowest BCUT2D eigenvalue weighted by atomic mass is 10.3. The molecule has 37 heavy (non-hydrogen) atoms. The molecular weight excluding hydrogens is 504 g/mol. The van der Waals surface area contributed by atoms with Gasteiger partial charge in [-0.1, -0.05) is 38.8 Å². The fraction of sp³-hybridized carbons (Fsp3) is 0.500. The summed E-state index contributed by atoms with van der Waals surface area (Å²) in [6.45, 7) is 15.8. The van der Waals surface area contributed by atoms with E-state index >= 15 is 0 Å². The molecule has 0 spiro atoms. The molecule has 0 aliphatic carbocycles. The van der Waals surface area contributed by atoms with Crippen molar-refractivity contribution in [2.45, 2.75) is 91.0 Å². The van der Waals surface area contributed by atoms with Crippen LogP contribution in [-0.4, -0.2) is 40.0 Å². The molecule has 0 saturated heterocycles. The second-order valence-electron chi connectivity index (χ2n) is 10.2. The highest BCUT2D eigenvalue weighted by atomic mass is 28.4. The lowest BCUT2D eigenvalue weighted by Crippen LogP contribution is -2.60. The van der Waals surface area contributed by atoms with Gasteiger partial charge in [0.15, 0.2) is 0 Å². The van der Waals surface area contributed by atoms with Gasteiger partial charge in [-0.05, 0) is 63.3 Å². The molecule has 0 aromatic heterocycles. The monoisotopic (exact) mass is 546 g/mol. The van der Waals surface area contributed by atoms with Crippen molar-refractivity contribution in [2.75, 3.05) is 0 Å². The van der Waals surface area contributed by atoms with Crippen LogP contribution in [0.2, 0.25) is 26.2 Å². The molecule has 0 radical (unpaired) electrons. The smallest absolute Gasteiger partial charge is 0.308 e. The zero-order chi connectivity index (χ0) is 27.6. The largest absolute Gasteiger partial charge is 0.491 e. The first-order valence-corrected chi connectivity index (χ1v) is 18.9. The Morgan fingerprint density at radius 3 is 1.35 bits per heavy atom. The van der Waals surface area contributed by atoms with Crippen molar-refractivity contribution in [3.8, 4) is 23.0 Å². The Bertz CT molecular complexity index is 957. The van der Waals surface area contributed by atoms with Crippen molar-refractivity contribution in [3.05, 3.63) is 48.5 Å². The SMILES string of the molecule is CCCC(Oc1cccc(OC(C)=O)c1)[Si](C)(C)O[Si](C)(C)C(CCC)Oc1cccc(OC(C)=O)c1. The van der Waals surface area contributed by atoms with Gasteiger partial charge in [0.05, 0.1) is 0 Å². The Morgan fingerprint density at radius 1 is 0.676 bits per heavy atom. The van der Waals surface area contributed by atoms with Crippen LogP contribution >= 0.6 is 0 Å². The summed E-state index contributed by atoms with van der Waals surface area (Å²) in [6, 6.07) is 14.4.